The third kappa shape index (κ3) is 3.93. The lowest BCUT2D eigenvalue weighted by Crippen LogP contribution is -2.13. The van der Waals surface area contributed by atoms with E-state index in [2.05, 4.69) is 9.71 Å². The molecule has 8 nitrogen and oxygen atoms in total. The molecular weight excluding hydrogens is 408 g/mol. The van der Waals surface area contributed by atoms with Gasteiger partial charge < -0.3 is 18.6 Å². The summed E-state index contributed by atoms with van der Waals surface area (Å²) in [4.78, 5) is 4.41. The van der Waals surface area contributed by atoms with E-state index in [9.17, 15) is 8.42 Å². The molecule has 30 heavy (non-hydrogen) atoms. The lowest BCUT2D eigenvalue weighted by molar-refractivity contribution is 0.325. The molecule has 0 bridgehead atoms. The van der Waals surface area contributed by atoms with Crippen molar-refractivity contribution in [2.24, 2.45) is 0 Å². The Labute approximate surface area is 174 Å². The maximum atomic E-state index is 12.8. The van der Waals surface area contributed by atoms with Gasteiger partial charge in [-0.1, -0.05) is 0 Å². The first-order valence-electron chi connectivity index (χ1n) is 9.34. The number of nitrogens with one attached hydrogen (secondary N) is 1. The lowest BCUT2D eigenvalue weighted by atomic mass is 10.2. The summed E-state index contributed by atoms with van der Waals surface area (Å²) in [6.45, 7) is 0. The molecule has 3 aromatic rings. The summed E-state index contributed by atoms with van der Waals surface area (Å²) in [5.41, 5.74) is 1.05. The maximum Gasteiger partial charge on any atom is 0.261 e. The molecule has 1 aliphatic carbocycles. The number of oxazole rings is 1. The highest BCUT2D eigenvalue weighted by Gasteiger charge is 2.28. The highest BCUT2D eigenvalue weighted by atomic mass is 32.2. The summed E-state index contributed by atoms with van der Waals surface area (Å²) >= 11 is 0. The Kier molecular flexibility index (Phi) is 5.29. The van der Waals surface area contributed by atoms with E-state index >= 15 is 0 Å². The van der Waals surface area contributed by atoms with Gasteiger partial charge in [0.05, 0.1) is 38.1 Å². The Hall–Kier alpha value is -3.20. The zero-order valence-corrected chi connectivity index (χ0v) is 17.7. The molecule has 1 aromatic heterocycles. The number of hydrogen-bond donors (Lipinski definition) is 1. The van der Waals surface area contributed by atoms with Crippen molar-refractivity contribution in [1.82, 2.24) is 4.98 Å². The number of ether oxygens (including phenoxy) is 3. The van der Waals surface area contributed by atoms with Gasteiger partial charge in [0.25, 0.3) is 10.0 Å². The van der Waals surface area contributed by atoms with Gasteiger partial charge in [-0.05, 0) is 37.1 Å². The highest BCUT2D eigenvalue weighted by molar-refractivity contribution is 7.92. The van der Waals surface area contributed by atoms with Crippen LogP contribution in [0.1, 0.15) is 24.7 Å². The second-order valence-corrected chi connectivity index (χ2v) is 8.56. The Morgan fingerprint density at radius 1 is 1.00 bits per heavy atom. The van der Waals surface area contributed by atoms with Gasteiger partial charge in [-0.2, -0.15) is 0 Å². The Morgan fingerprint density at radius 2 is 1.63 bits per heavy atom. The normalized spacial score (nSPS) is 13.7. The van der Waals surface area contributed by atoms with Crippen molar-refractivity contribution in [2.45, 2.75) is 23.7 Å². The Bertz CT molecular complexity index is 1130. The van der Waals surface area contributed by atoms with Gasteiger partial charge in [0.1, 0.15) is 0 Å². The number of hydrogen-bond acceptors (Lipinski definition) is 7. The third-order valence-electron chi connectivity index (χ3n) is 4.82. The molecule has 1 aliphatic rings. The van der Waals surface area contributed by atoms with Crippen molar-refractivity contribution in [1.29, 1.82) is 0 Å². The van der Waals surface area contributed by atoms with Crippen molar-refractivity contribution >= 4 is 15.7 Å². The van der Waals surface area contributed by atoms with Crippen LogP contribution in [0.4, 0.5) is 5.69 Å². The van der Waals surface area contributed by atoms with Crippen molar-refractivity contribution < 1.29 is 27.0 Å². The first-order chi connectivity index (χ1) is 14.4. The van der Waals surface area contributed by atoms with E-state index in [0.717, 1.165) is 24.3 Å². The average Bonchev–Trinajstić information content (AvgIpc) is 3.49. The summed E-state index contributed by atoms with van der Waals surface area (Å²) in [5.74, 6) is 2.86. The van der Waals surface area contributed by atoms with Crippen LogP contribution in [0.5, 0.6) is 17.2 Å². The minimum Gasteiger partial charge on any atom is -0.493 e. The fourth-order valence-corrected chi connectivity index (χ4v) is 4.13. The molecule has 1 heterocycles. The van der Waals surface area contributed by atoms with Gasteiger partial charge in [0.2, 0.25) is 5.75 Å². The number of anilines is 1. The predicted molar refractivity (Wildman–Crippen MR) is 111 cm³/mol. The predicted octanol–water partition coefficient (Wildman–Crippen LogP) is 4.05. The molecule has 0 unspecified atom stereocenters. The highest BCUT2D eigenvalue weighted by Crippen LogP contribution is 2.41. The van der Waals surface area contributed by atoms with Gasteiger partial charge in [0, 0.05) is 23.6 Å². The van der Waals surface area contributed by atoms with Crippen molar-refractivity contribution in [3.8, 4) is 28.6 Å². The molecule has 1 fully saturated rings. The van der Waals surface area contributed by atoms with E-state index in [-0.39, 0.29) is 10.6 Å². The Morgan fingerprint density at radius 3 is 2.17 bits per heavy atom. The van der Waals surface area contributed by atoms with Crippen LogP contribution < -0.4 is 18.9 Å². The van der Waals surface area contributed by atoms with E-state index in [1.165, 1.54) is 45.6 Å². The SMILES string of the molecule is COc1cc(NS(=O)(=O)c2ccc(-c3cnc(C4CC4)o3)cc2)cc(OC)c1OC. The van der Waals surface area contributed by atoms with E-state index in [4.69, 9.17) is 18.6 Å². The number of nitrogens with zero attached hydrogens (tertiary/aromatic N) is 1. The van der Waals surface area contributed by atoms with Crippen LogP contribution >= 0.6 is 0 Å². The molecule has 0 radical (unpaired) electrons. The van der Waals surface area contributed by atoms with Crippen LogP contribution in [-0.4, -0.2) is 34.7 Å². The number of rotatable bonds is 8. The average molecular weight is 430 g/mol. The molecular formula is C21H22N2O6S. The zero-order chi connectivity index (χ0) is 21.3. The van der Waals surface area contributed by atoms with Gasteiger partial charge in [-0.25, -0.2) is 13.4 Å². The molecule has 0 saturated heterocycles. The minimum atomic E-state index is -3.83. The number of aromatic nitrogens is 1. The minimum absolute atomic E-state index is 0.113. The van der Waals surface area contributed by atoms with Crippen LogP contribution in [0.3, 0.4) is 0 Å². The summed E-state index contributed by atoms with van der Waals surface area (Å²) in [6.07, 6.45) is 3.87. The summed E-state index contributed by atoms with van der Waals surface area (Å²) in [7, 11) is 0.581. The van der Waals surface area contributed by atoms with Gasteiger partial charge in [-0.15, -0.1) is 0 Å². The summed E-state index contributed by atoms with van der Waals surface area (Å²) in [5, 5.41) is 0. The van der Waals surface area contributed by atoms with E-state index in [1.54, 1.807) is 18.3 Å². The molecule has 0 spiro atoms. The first-order valence-corrected chi connectivity index (χ1v) is 10.8. The van der Waals surface area contributed by atoms with Crippen LogP contribution in [-0.2, 0) is 10.0 Å². The smallest absolute Gasteiger partial charge is 0.261 e. The largest absolute Gasteiger partial charge is 0.493 e. The van der Waals surface area contributed by atoms with Crippen LogP contribution in [0.25, 0.3) is 11.3 Å². The van der Waals surface area contributed by atoms with E-state index < -0.39 is 10.0 Å². The first kappa shape index (κ1) is 20.1. The maximum absolute atomic E-state index is 12.8. The standard InChI is InChI=1S/C21H22N2O6S/c1-26-17-10-15(11-18(27-2)20(17)28-3)23-30(24,25)16-8-6-13(7-9-16)19-12-22-21(29-19)14-4-5-14/h6-12,14,23H,4-5H2,1-3H3. The second kappa shape index (κ2) is 7.91. The zero-order valence-electron chi connectivity index (χ0n) is 16.8. The van der Waals surface area contributed by atoms with Crippen LogP contribution in [0.15, 0.2) is 51.9 Å². The molecule has 158 valence electrons. The van der Waals surface area contributed by atoms with Crippen LogP contribution in [0.2, 0.25) is 0 Å². The number of methoxy groups -OCH3 is 3. The molecule has 1 N–H and O–H groups in total. The summed E-state index contributed by atoms with van der Waals surface area (Å²) < 4.78 is 49.8. The fraction of sp³-hybridized carbons (Fsp3) is 0.286. The quantitative estimate of drug-likeness (QED) is 0.575. The van der Waals surface area contributed by atoms with Crippen molar-refractivity contribution in [2.75, 3.05) is 26.1 Å². The molecule has 4 rings (SSSR count). The molecule has 0 amide bonds. The molecule has 9 heteroatoms. The van der Waals surface area contributed by atoms with Crippen LogP contribution in [0, 0.1) is 0 Å². The fourth-order valence-electron chi connectivity index (χ4n) is 3.09. The topological polar surface area (TPSA) is 99.9 Å². The van der Waals surface area contributed by atoms with Gasteiger partial charge >= 0.3 is 0 Å². The van der Waals surface area contributed by atoms with Gasteiger partial charge in [-0.3, -0.25) is 4.72 Å². The Balaban J connectivity index is 1.57. The number of benzene rings is 2. The molecule has 0 atom stereocenters. The molecule has 0 aliphatic heterocycles. The molecule has 2 aromatic carbocycles. The summed E-state index contributed by atoms with van der Waals surface area (Å²) in [6, 6.07) is 9.49. The van der Waals surface area contributed by atoms with E-state index in [1.807, 2.05) is 0 Å². The van der Waals surface area contributed by atoms with Gasteiger partial charge in [0.15, 0.2) is 23.1 Å². The lowest BCUT2D eigenvalue weighted by Gasteiger charge is -2.15. The molecule has 1 saturated carbocycles. The third-order valence-corrected chi connectivity index (χ3v) is 6.21. The van der Waals surface area contributed by atoms with Crippen molar-refractivity contribution in [3.63, 3.8) is 0 Å². The monoisotopic (exact) mass is 430 g/mol. The number of sulfonamides is 1. The van der Waals surface area contributed by atoms with Crippen molar-refractivity contribution in [3.05, 3.63) is 48.5 Å². The van der Waals surface area contributed by atoms with E-state index in [0.29, 0.717) is 28.9 Å². The second-order valence-electron chi connectivity index (χ2n) is 6.88.